The Hall–Kier alpha value is -1.46. The van der Waals surface area contributed by atoms with Crippen LogP contribution in [-0.4, -0.2) is 50.6 Å². The fourth-order valence-corrected chi connectivity index (χ4v) is 2.71. The number of carbonyl (C=O) groups excluding carboxylic acids is 1. The molecular weight excluding hydrogens is 290 g/mol. The molecule has 1 aliphatic heterocycles. The number of likely N-dealkylation sites (N-methyl/N-ethyl adjacent to an activating group) is 1. The molecule has 0 saturated carbocycles. The van der Waals surface area contributed by atoms with Crippen LogP contribution in [0.5, 0.6) is 5.75 Å². The van der Waals surface area contributed by atoms with Crippen LogP contribution in [0.2, 0.25) is 5.02 Å². The van der Waals surface area contributed by atoms with Gasteiger partial charge in [0.2, 0.25) is 5.91 Å². The number of benzene rings is 1. The number of anilines is 1. The SMILES string of the molecule is CNC1CCCN(C(=O)CNc2cc(Cl)ccc2OC)C1. The number of rotatable bonds is 5. The number of amides is 1. The summed E-state index contributed by atoms with van der Waals surface area (Å²) < 4.78 is 5.26. The fraction of sp³-hybridized carbons (Fsp3) is 0.533. The van der Waals surface area contributed by atoms with Gasteiger partial charge in [0, 0.05) is 24.2 Å². The van der Waals surface area contributed by atoms with Crippen LogP contribution in [0.3, 0.4) is 0 Å². The summed E-state index contributed by atoms with van der Waals surface area (Å²) in [7, 11) is 3.53. The normalized spacial score (nSPS) is 18.4. The zero-order valence-electron chi connectivity index (χ0n) is 12.5. The van der Waals surface area contributed by atoms with E-state index in [-0.39, 0.29) is 12.5 Å². The van der Waals surface area contributed by atoms with Crippen molar-refractivity contribution in [1.29, 1.82) is 0 Å². The van der Waals surface area contributed by atoms with Gasteiger partial charge in [-0.25, -0.2) is 0 Å². The first kappa shape index (κ1) is 15.9. The van der Waals surface area contributed by atoms with Gasteiger partial charge in [0.05, 0.1) is 19.3 Å². The second kappa shape index (κ2) is 7.52. The molecular formula is C15H22ClN3O2. The van der Waals surface area contributed by atoms with Gasteiger partial charge in [0.15, 0.2) is 0 Å². The van der Waals surface area contributed by atoms with Crippen molar-refractivity contribution in [2.45, 2.75) is 18.9 Å². The van der Waals surface area contributed by atoms with Gasteiger partial charge in [0.1, 0.15) is 5.75 Å². The molecule has 0 aliphatic carbocycles. The van der Waals surface area contributed by atoms with Crippen molar-refractivity contribution >= 4 is 23.2 Å². The molecule has 6 heteroatoms. The molecule has 0 aromatic heterocycles. The first-order valence-corrected chi connectivity index (χ1v) is 7.54. The lowest BCUT2D eigenvalue weighted by Crippen LogP contribution is -2.48. The minimum absolute atomic E-state index is 0.0944. The van der Waals surface area contributed by atoms with E-state index in [4.69, 9.17) is 16.3 Å². The molecule has 1 aromatic rings. The lowest BCUT2D eigenvalue weighted by atomic mass is 10.1. The molecule has 0 radical (unpaired) electrons. The predicted molar refractivity (Wildman–Crippen MR) is 85.2 cm³/mol. The van der Waals surface area contributed by atoms with Crippen molar-refractivity contribution in [3.8, 4) is 5.75 Å². The third-order valence-electron chi connectivity index (χ3n) is 3.77. The van der Waals surface area contributed by atoms with Crippen molar-refractivity contribution in [1.82, 2.24) is 10.2 Å². The van der Waals surface area contributed by atoms with Crippen LogP contribution in [0.15, 0.2) is 18.2 Å². The third kappa shape index (κ3) is 4.25. The van der Waals surface area contributed by atoms with Crippen molar-refractivity contribution in [3.63, 3.8) is 0 Å². The molecule has 116 valence electrons. The van der Waals surface area contributed by atoms with Crippen LogP contribution in [0.25, 0.3) is 0 Å². The van der Waals surface area contributed by atoms with E-state index in [2.05, 4.69) is 10.6 Å². The summed E-state index contributed by atoms with van der Waals surface area (Å²) in [5, 5.41) is 6.96. The molecule has 2 N–H and O–H groups in total. The van der Waals surface area contributed by atoms with E-state index < -0.39 is 0 Å². The minimum atomic E-state index is 0.0944. The van der Waals surface area contributed by atoms with Gasteiger partial charge >= 0.3 is 0 Å². The molecule has 21 heavy (non-hydrogen) atoms. The second-order valence-electron chi connectivity index (χ2n) is 5.17. The Morgan fingerprint density at radius 1 is 1.52 bits per heavy atom. The smallest absolute Gasteiger partial charge is 0.241 e. The average molecular weight is 312 g/mol. The molecule has 0 spiro atoms. The highest BCUT2D eigenvalue weighted by molar-refractivity contribution is 6.30. The van der Waals surface area contributed by atoms with Crippen molar-refractivity contribution in [3.05, 3.63) is 23.2 Å². The van der Waals surface area contributed by atoms with Crippen LogP contribution in [0, 0.1) is 0 Å². The number of hydrogen-bond acceptors (Lipinski definition) is 4. The van der Waals surface area contributed by atoms with Crippen molar-refractivity contribution in [2.75, 3.05) is 39.1 Å². The average Bonchev–Trinajstić information content (AvgIpc) is 2.52. The number of methoxy groups -OCH3 is 1. The van der Waals surface area contributed by atoms with Gasteiger partial charge in [-0.15, -0.1) is 0 Å². The topological polar surface area (TPSA) is 53.6 Å². The lowest BCUT2D eigenvalue weighted by molar-refractivity contribution is -0.130. The number of halogens is 1. The Bertz CT molecular complexity index is 496. The predicted octanol–water partition coefficient (Wildman–Crippen LogP) is 1.97. The Kier molecular flexibility index (Phi) is 5.70. The van der Waals surface area contributed by atoms with E-state index in [9.17, 15) is 4.79 Å². The number of piperidine rings is 1. The fourth-order valence-electron chi connectivity index (χ4n) is 2.54. The van der Waals surface area contributed by atoms with E-state index in [1.807, 2.05) is 11.9 Å². The third-order valence-corrected chi connectivity index (χ3v) is 4.01. The maximum absolute atomic E-state index is 12.3. The molecule has 1 heterocycles. The van der Waals surface area contributed by atoms with E-state index >= 15 is 0 Å². The van der Waals surface area contributed by atoms with Crippen LogP contribution < -0.4 is 15.4 Å². The van der Waals surface area contributed by atoms with Crippen LogP contribution in [-0.2, 0) is 4.79 Å². The van der Waals surface area contributed by atoms with Gasteiger partial charge in [-0.2, -0.15) is 0 Å². The number of likely N-dealkylation sites (tertiary alicyclic amines) is 1. The number of carbonyl (C=O) groups is 1. The van der Waals surface area contributed by atoms with E-state index in [1.165, 1.54) is 0 Å². The molecule has 1 saturated heterocycles. The largest absolute Gasteiger partial charge is 0.495 e. The molecule has 1 amide bonds. The van der Waals surface area contributed by atoms with Crippen LogP contribution in [0.1, 0.15) is 12.8 Å². The Labute approximate surface area is 130 Å². The summed E-state index contributed by atoms with van der Waals surface area (Å²) in [4.78, 5) is 14.2. The maximum atomic E-state index is 12.3. The minimum Gasteiger partial charge on any atom is -0.495 e. The van der Waals surface area contributed by atoms with Crippen molar-refractivity contribution < 1.29 is 9.53 Å². The highest BCUT2D eigenvalue weighted by atomic mass is 35.5. The lowest BCUT2D eigenvalue weighted by Gasteiger charge is -2.32. The second-order valence-corrected chi connectivity index (χ2v) is 5.60. The molecule has 5 nitrogen and oxygen atoms in total. The molecule has 1 atom stereocenters. The molecule has 0 bridgehead atoms. The molecule has 1 aliphatic rings. The van der Waals surface area contributed by atoms with Gasteiger partial charge in [-0.1, -0.05) is 11.6 Å². The quantitative estimate of drug-likeness (QED) is 0.873. The van der Waals surface area contributed by atoms with Gasteiger partial charge in [0.25, 0.3) is 0 Å². The van der Waals surface area contributed by atoms with Gasteiger partial charge in [-0.3, -0.25) is 4.79 Å². The molecule has 1 fully saturated rings. The zero-order chi connectivity index (χ0) is 15.2. The summed E-state index contributed by atoms with van der Waals surface area (Å²) in [6.45, 7) is 1.84. The van der Waals surface area contributed by atoms with Crippen molar-refractivity contribution in [2.24, 2.45) is 0 Å². The van der Waals surface area contributed by atoms with Gasteiger partial charge in [-0.05, 0) is 38.1 Å². The van der Waals surface area contributed by atoms with E-state index in [0.717, 1.165) is 31.6 Å². The summed E-state index contributed by atoms with van der Waals surface area (Å²) in [5.41, 5.74) is 0.737. The van der Waals surface area contributed by atoms with E-state index in [0.29, 0.717) is 16.8 Å². The first-order chi connectivity index (χ1) is 10.1. The highest BCUT2D eigenvalue weighted by Gasteiger charge is 2.22. The molecule has 1 aromatic carbocycles. The summed E-state index contributed by atoms with van der Waals surface area (Å²) in [6, 6.07) is 5.70. The standard InChI is InChI=1S/C15H22ClN3O2/c1-17-12-4-3-7-19(10-12)15(20)9-18-13-8-11(16)5-6-14(13)21-2/h5-6,8,12,17-18H,3-4,7,9-10H2,1-2H3. The number of ether oxygens (including phenoxy) is 1. The number of nitrogens with zero attached hydrogens (tertiary/aromatic N) is 1. The van der Waals surface area contributed by atoms with Crippen LogP contribution in [0.4, 0.5) is 5.69 Å². The summed E-state index contributed by atoms with van der Waals surface area (Å²) in [5.74, 6) is 0.774. The molecule has 2 rings (SSSR count). The Morgan fingerprint density at radius 3 is 3.05 bits per heavy atom. The highest BCUT2D eigenvalue weighted by Crippen LogP contribution is 2.27. The number of hydrogen-bond donors (Lipinski definition) is 2. The Balaban J connectivity index is 1.93. The monoisotopic (exact) mass is 311 g/mol. The summed E-state index contributed by atoms with van der Waals surface area (Å²) >= 11 is 5.98. The van der Waals surface area contributed by atoms with Gasteiger partial charge < -0.3 is 20.3 Å². The first-order valence-electron chi connectivity index (χ1n) is 7.16. The zero-order valence-corrected chi connectivity index (χ0v) is 13.2. The van der Waals surface area contributed by atoms with Crippen LogP contribution >= 0.6 is 11.6 Å². The Morgan fingerprint density at radius 2 is 2.33 bits per heavy atom. The maximum Gasteiger partial charge on any atom is 0.241 e. The number of nitrogens with one attached hydrogen (secondary N) is 2. The van der Waals surface area contributed by atoms with E-state index in [1.54, 1.807) is 25.3 Å². The molecule has 1 unspecified atom stereocenters. The summed E-state index contributed by atoms with van der Waals surface area (Å²) in [6.07, 6.45) is 2.16.